The van der Waals surface area contributed by atoms with Gasteiger partial charge in [-0.1, -0.05) is 44.0 Å². The Bertz CT molecular complexity index is 672. The second kappa shape index (κ2) is 4.66. The number of nitrogens with zero attached hydrogens (tertiary/aromatic N) is 1. The fraction of sp³-hybridized carbons (Fsp3) is 0.286. The molecule has 19 heavy (non-hydrogen) atoms. The Morgan fingerprint density at radius 1 is 1.21 bits per heavy atom. The van der Waals surface area contributed by atoms with Crippen LogP contribution in [0.15, 0.2) is 18.2 Å². The van der Waals surface area contributed by atoms with Crippen molar-refractivity contribution in [2.75, 3.05) is 0 Å². The van der Waals surface area contributed by atoms with Gasteiger partial charge in [-0.05, 0) is 18.2 Å². The molecular formula is C14H15Cl2N3. The molecule has 3 N–H and O–H groups in total. The number of benzene rings is 1. The minimum atomic E-state index is -0.146. The van der Waals surface area contributed by atoms with E-state index >= 15 is 0 Å². The van der Waals surface area contributed by atoms with E-state index in [2.05, 4.69) is 25.8 Å². The summed E-state index contributed by atoms with van der Waals surface area (Å²) in [5.41, 5.74) is 7.62. The van der Waals surface area contributed by atoms with Gasteiger partial charge in [0.05, 0.1) is 10.5 Å². The molecule has 1 aromatic carbocycles. The molecule has 0 aliphatic rings. The maximum absolute atomic E-state index is 7.73. The number of halogens is 2. The fourth-order valence-corrected chi connectivity index (χ4v) is 2.47. The van der Waals surface area contributed by atoms with Gasteiger partial charge in [-0.15, -0.1) is 0 Å². The smallest absolute Gasteiger partial charge is 0.123 e. The highest BCUT2D eigenvalue weighted by molar-refractivity contribution is 6.39. The number of hydrogen-bond acceptors (Lipinski definition) is 2. The predicted molar refractivity (Wildman–Crippen MR) is 81.5 cm³/mol. The molecule has 2 rings (SSSR count). The van der Waals surface area contributed by atoms with Crippen molar-refractivity contribution in [2.24, 2.45) is 5.73 Å². The van der Waals surface area contributed by atoms with Gasteiger partial charge in [-0.2, -0.15) is 0 Å². The zero-order valence-corrected chi connectivity index (χ0v) is 12.5. The second-order valence-electron chi connectivity index (χ2n) is 5.50. The van der Waals surface area contributed by atoms with E-state index < -0.39 is 0 Å². The molecular weight excluding hydrogens is 281 g/mol. The van der Waals surface area contributed by atoms with E-state index in [0.29, 0.717) is 26.5 Å². The molecule has 0 saturated heterocycles. The maximum atomic E-state index is 7.73. The molecule has 100 valence electrons. The van der Waals surface area contributed by atoms with Gasteiger partial charge in [-0.3, -0.25) is 10.4 Å². The van der Waals surface area contributed by atoms with E-state index in [1.165, 1.54) is 0 Å². The van der Waals surface area contributed by atoms with Gasteiger partial charge in [0.15, 0.2) is 0 Å². The van der Waals surface area contributed by atoms with Crippen molar-refractivity contribution in [3.05, 3.63) is 39.5 Å². The van der Waals surface area contributed by atoms with Crippen LogP contribution in [-0.4, -0.2) is 10.8 Å². The van der Waals surface area contributed by atoms with Crippen LogP contribution in [0.3, 0.4) is 0 Å². The summed E-state index contributed by atoms with van der Waals surface area (Å²) in [5, 5.41) is 9.38. The van der Waals surface area contributed by atoms with Crippen LogP contribution in [-0.2, 0) is 5.41 Å². The van der Waals surface area contributed by atoms with Crippen molar-refractivity contribution in [1.29, 1.82) is 5.41 Å². The van der Waals surface area contributed by atoms with Crippen LogP contribution in [0, 0.1) is 5.41 Å². The molecule has 0 saturated carbocycles. The van der Waals surface area contributed by atoms with Gasteiger partial charge < -0.3 is 5.73 Å². The van der Waals surface area contributed by atoms with Crippen molar-refractivity contribution in [1.82, 2.24) is 4.98 Å². The molecule has 0 aliphatic heterocycles. The third kappa shape index (κ3) is 2.67. The molecule has 1 heterocycles. The first-order valence-electron chi connectivity index (χ1n) is 5.85. The van der Waals surface area contributed by atoms with Gasteiger partial charge in [0.25, 0.3) is 0 Å². The monoisotopic (exact) mass is 295 g/mol. The van der Waals surface area contributed by atoms with E-state index in [1.54, 1.807) is 12.1 Å². The minimum Gasteiger partial charge on any atom is -0.384 e. The highest BCUT2D eigenvalue weighted by Gasteiger charge is 2.20. The predicted octanol–water partition coefficient (Wildman–Crippen LogP) is 4.12. The zero-order chi connectivity index (χ0) is 14.4. The molecule has 1 aromatic heterocycles. The standard InChI is InChI=1S/C14H15Cl2N3/c1-14(2,3)11-6-8(13(17)18)12-9(16)4-7(15)5-10(12)19-11/h4-6H,1-3H3,(H3,17,18). The molecule has 0 spiro atoms. The molecule has 5 heteroatoms. The minimum absolute atomic E-state index is 0.0258. The summed E-state index contributed by atoms with van der Waals surface area (Å²) in [4.78, 5) is 4.59. The van der Waals surface area contributed by atoms with E-state index in [0.717, 1.165) is 5.69 Å². The van der Waals surface area contributed by atoms with Gasteiger partial charge in [0, 0.05) is 27.1 Å². The zero-order valence-electron chi connectivity index (χ0n) is 11.0. The van der Waals surface area contributed by atoms with Crippen molar-refractivity contribution in [3.8, 4) is 0 Å². The summed E-state index contributed by atoms with van der Waals surface area (Å²) in [6, 6.07) is 5.20. The molecule has 3 nitrogen and oxygen atoms in total. The third-order valence-electron chi connectivity index (χ3n) is 2.88. The molecule has 2 aromatic rings. The van der Waals surface area contributed by atoms with Crippen molar-refractivity contribution in [2.45, 2.75) is 26.2 Å². The van der Waals surface area contributed by atoms with E-state index in [4.69, 9.17) is 34.3 Å². The summed E-state index contributed by atoms with van der Waals surface area (Å²) in [6.45, 7) is 6.16. The lowest BCUT2D eigenvalue weighted by molar-refractivity contribution is 0.571. The Hall–Kier alpha value is -1.32. The van der Waals surface area contributed by atoms with Gasteiger partial charge in [0.1, 0.15) is 5.84 Å². The Morgan fingerprint density at radius 2 is 1.84 bits per heavy atom. The number of hydrogen-bond donors (Lipinski definition) is 2. The summed E-state index contributed by atoms with van der Waals surface area (Å²) in [6.07, 6.45) is 0. The maximum Gasteiger partial charge on any atom is 0.123 e. The average molecular weight is 296 g/mol. The Kier molecular flexibility index (Phi) is 3.45. The molecule has 0 fully saturated rings. The number of nitrogens with two attached hydrogens (primary N) is 1. The quantitative estimate of drug-likeness (QED) is 0.614. The Morgan fingerprint density at radius 3 is 2.37 bits per heavy atom. The van der Waals surface area contributed by atoms with Gasteiger partial charge in [-0.25, -0.2) is 0 Å². The van der Waals surface area contributed by atoms with E-state index in [-0.39, 0.29) is 11.3 Å². The lowest BCUT2D eigenvalue weighted by Gasteiger charge is -2.20. The lowest BCUT2D eigenvalue weighted by atomic mass is 9.89. The normalized spacial score (nSPS) is 11.8. The highest BCUT2D eigenvalue weighted by Crippen LogP contribution is 2.32. The van der Waals surface area contributed by atoms with Crippen molar-refractivity contribution >= 4 is 39.9 Å². The van der Waals surface area contributed by atoms with Crippen LogP contribution in [0.1, 0.15) is 32.0 Å². The summed E-state index contributed by atoms with van der Waals surface area (Å²) in [5.74, 6) is -0.0258. The first kappa shape index (κ1) is 14.1. The number of pyridine rings is 1. The molecule has 0 unspecified atom stereocenters. The van der Waals surface area contributed by atoms with Crippen LogP contribution in [0.4, 0.5) is 0 Å². The number of fused-ring (bicyclic) bond motifs is 1. The molecule has 0 atom stereocenters. The summed E-state index contributed by atoms with van der Waals surface area (Å²) >= 11 is 12.2. The number of nitrogens with one attached hydrogen (secondary N) is 1. The van der Waals surface area contributed by atoms with Crippen LogP contribution in [0.2, 0.25) is 10.0 Å². The van der Waals surface area contributed by atoms with E-state index in [1.807, 2.05) is 6.07 Å². The summed E-state index contributed by atoms with van der Waals surface area (Å²) < 4.78 is 0. The number of aromatic nitrogens is 1. The highest BCUT2D eigenvalue weighted by atomic mass is 35.5. The first-order valence-corrected chi connectivity index (χ1v) is 6.60. The number of amidine groups is 1. The fourth-order valence-electron chi connectivity index (χ4n) is 1.88. The van der Waals surface area contributed by atoms with Gasteiger partial charge >= 0.3 is 0 Å². The lowest BCUT2D eigenvalue weighted by Crippen LogP contribution is -2.18. The van der Waals surface area contributed by atoms with Crippen LogP contribution < -0.4 is 5.73 Å². The Labute approximate surface area is 122 Å². The van der Waals surface area contributed by atoms with E-state index in [9.17, 15) is 0 Å². The van der Waals surface area contributed by atoms with Gasteiger partial charge in [0.2, 0.25) is 0 Å². The third-order valence-corrected chi connectivity index (χ3v) is 3.40. The molecule has 0 bridgehead atoms. The SMILES string of the molecule is CC(C)(C)c1cc(C(=N)N)c2c(Cl)cc(Cl)cc2n1. The largest absolute Gasteiger partial charge is 0.384 e. The number of rotatable bonds is 1. The second-order valence-corrected chi connectivity index (χ2v) is 6.34. The molecule has 0 radical (unpaired) electrons. The Balaban J connectivity index is 2.92. The summed E-state index contributed by atoms with van der Waals surface area (Å²) in [7, 11) is 0. The van der Waals surface area contributed by atoms with Crippen LogP contribution >= 0.6 is 23.2 Å². The van der Waals surface area contributed by atoms with Crippen LogP contribution in [0.25, 0.3) is 10.9 Å². The van der Waals surface area contributed by atoms with Crippen LogP contribution in [0.5, 0.6) is 0 Å². The molecule has 0 amide bonds. The van der Waals surface area contributed by atoms with Crippen molar-refractivity contribution < 1.29 is 0 Å². The first-order chi connectivity index (χ1) is 8.70. The average Bonchev–Trinajstić information content (AvgIpc) is 2.25. The van der Waals surface area contributed by atoms with Crippen molar-refractivity contribution in [3.63, 3.8) is 0 Å². The molecule has 0 aliphatic carbocycles. The number of nitrogen functional groups attached to an aromatic ring is 1. The topological polar surface area (TPSA) is 62.8 Å².